The van der Waals surface area contributed by atoms with E-state index < -0.39 is 52.1 Å². The molecule has 4 aromatic rings. The van der Waals surface area contributed by atoms with Gasteiger partial charge in [-0.15, -0.1) is 0 Å². The van der Waals surface area contributed by atoms with E-state index >= 15 is 0 Å². The van der Waals surface area contributed by atoms with Gasteiger partial charge >= 0.3 is 24.3 Å². The second-order valence-electron chi connectivity index (χ2n) is 18.0. The molecule has 0 amide bonds. The molecule has 0 aliphatic heterocycles. The first kappa shape index (κ1) is 44.9. The number of aliphatic hydroxyl groups is 1. The van der Waals surface area contributed by atoms with Gasteiger partial charge in [0.05, 0.1) is 30.8 Å². The molecule has 0 radical (unpaired) electrons. The first-order valence-electron chi connectivity index (χ1n) is 21.0. The van der Waals surface area contributed by atoms with Crippen LogP contribution < -0.4 is 0 Å². The molecule has 4 aliphatic rings. The van der Waals surface area contributed by atoms with Gasteiger partial charge in [0.2, 0.25) is 0 Å². The van der Waals surface area contributed by atoms with Crippen molar-refractivity contribution in [1.29, 1.82) is 0 Å². The topological polar surface area (TPSA) is 72.8 Å². The highest BCUT2D eigenvalue weighted by molar-refractivity contribution is 5.92. The summed E-state index contributed by atoms with van der Waals surface area (Å²) in [6.45, 7) is 5.12. The zero-order chi connectivity index (χ0) is 44.9. The number of allylic oxidation sites excluding steroid dienone is 4. The van der Waals surface area contributed by atoms with Crippen LogP contribution >= 0.6 is 0 Å². The number of hydrogen-bond acceptors (Lipinski definition) is 5. The maximum Gasteiger partial charge on any atom is 0.417 e. The van der Waals surface area contributed by atoms with E-state index in [2.05, 4.69) is 0 Å². The summed E-state index contributed by atoms with van der Waals surface area (Å²) < 4.78 is 92.6. The molecule has 328 valence electrons. The number of carbonyl (C=O) groups is 2. The van der Waals surface area contributed by atoms with Crippen molar-refractivity contribution in [3.05, 3.63) is 154 Å². The van der Waals surface area contributed by atoms with Crippen molar-refractivity contribution in [2.45, 2.75) is 101 Å². The molecular formula is C51H52F6O5. The van der Waals surface area contributed by atoms with Crippen molar-refractivity contribution in [3.8, 4) is 0 Å². The largest absolute Gasteiger partial charge is 0.465 e. The van der Waals surface area contributed by atoms with Crippen molar-refractivity contribution in [2.75, 3.05) is 14.2 Å². The molecule has 2 saturated carbocycles. The van der Waals surface area contributed by atoms with Gasteiger partial charge in [-0.3, -0.25) is 0 Å². The van der Waals surface area contributed by atoms with E-state index in [4.69, 9.17) is 9.47 Å². The Kier molecular flexibility index (Phi) is 12.0. The third kappa shape index (κ3) is 8.01. The van der Waals surface area contributed by atoms with Gasteiger partial charge in [0.15, 0.2) is 5.60 Å². The number of methoxy groups -OCH3 is 2. The van der Waals surface area contributed by atoms with Gasteiger partial charge in [-0.2, -0.15) is 26.3 Å². The molecule has 5 nitrogen and oxygen atoms in total. The molecular weight excluding hydrogens is 807 g/mol. The Hall–Kier alpha value is -5.16. The maximum absolute atomic E-state index is 13.9. The Balaban J connectivity index is 0.000000186. The number of alkyl halides is 6. The number of esters is 2. The van der Waals surface area contributed by atoms with Crippen LogP contribution in [-0.4, -0.2) is 49.2 Å². The van der Waals surface area contributed by atoms with Crippen LogP contribution in [0.25, 0.3) is 11.1 Å². The summed E-state index contributed by atoms with van der Waals surface area (Å²) in [6.07, 6.45) is -3.77. The fourth-order valence-electron chi connectivity index (χ4n) is 10.8. The molecule has 11 heteroatoms. The molecule has 2 fully saturated rings. The highest BCUT2D eigenvalue weighted by atomic mass is 19.4. The van der Waals surface area contributed by atoms with E-state index in [0.29, 0.717) is 30.4 Å². The van der Waals surface area contributed by atoms with Crippen molar-refractivity contribution in [2.24, 2.45) is 17.3 Å². The average molecular weight is 859 g/mol. The zero-order valence-corrected chi connectivity index (χ0v) is 35.6. The fraction of sp³-hybridized carbons (Fsp3) is 0.412. The van der Waals surface area contributed by atoms with Crippen molar-refractivity contribution in [3.63, 3.8) is 0 Å². The first-order chi connectivity index (χ1) is 29.2. The van der Waals surface area contributed by atoms with Crippen LogP contribution in [-0.2, 0) is 33.1 Å². The number of ether oxygens (including phenoxy) is 2. The standard InChI is InChI=1S/C26H27F3O2.C25H25F3O3/c1-17-13-20-16-24(2,26(27,28)29)11-12-25(20,15-18-7-5-4-6-8-18)22-10-9-19(14-21(17)22)23(30)31-3;1-16-12-19-15-24(30,25(26,27)28)11-10-23(19,14-17-6-4-3-5-7-17)21-9-8-18(13-20(16)21)22(29)31-2/h4-10,13-14,20H,11-12,15-16H2,1-3H3;3-9,12-13,19,30H,10-11,14-15H2,1-2H3/t20-,24+,25+;19-,23+,24-/m11/s1. The minimum atomic E-state index is -4.68. The summed E-state index contributed by atoms with van der Waals surface area (Å²) in [7, 11) is 2.66. The van der Waals surface area contributed by atoms with E-state index in [1.54, 1.807) is 18.2 Å². The van der Waals surface area contributed by atoms with Crippen molar-refractivity contribution < 1.29 is 50.5 Å². The van der Waals surface area contributed by atoms with E-state index in [1.807, 2.05) is 105 Å². The van der Waals surface area contributed by atoms with Crippen LogP contribution in [0.5, 0.6) is 0 Å². The molecule has 8 rings (SSSR count). The monoisotopic (exact) mass is 858 g/mol. The van der Waals surface area contributed by atoms with E-state index in [0.717, 1.165) is 44.5 Å². The van der Waals surface area contributed by atoms with Crippen LogP contribution in [0.4, 0.5) is 26.3 Å². The van der Waals surface area contributed by atoms with Crippen molar-refractivity contribution in [1.82, 2.24) is 0 Å². The number of benzene rings is 4. The fourth-order valence-corrected chi connectivity index (χ4v) is 10.8. The predicted octanol–water partition coefficient (Wildman–Crippen LogP) is 12.2. The molecule has 4 aromatic carbocycles. The number of halogens is 6. The quantitative estimate of drug-likeness (QED) is 0.154. The normalized spacial score (nSPS) is 27.7. The smallest absolute Gasteiger partial charge is 0.417 e. The van der Waals surface area contributed by atoms with Crippen LogP contribution in [0, 0.1) is 17.3 Å². The lowest BCUT2D eigenvalue weighted by Gasteiger charge is -2.53. The van der Waals surface area contributed by atoms with E-state index in [-0.39, 0.29) is 38.0 Å². The molecule has 1 N–H and O–H groups in total. The molecule has 0 saturated heterocycles. The minimum absolute atomic E-state index is 0.0683. The predicted molar refractivity (Wildman–Crippen MR) is 226 cm³/mol. The van der Waals surface area contributed by atoms with Crippen LogP contribution in [0.15, 0.2) is 109 Å². The van der Waals surface area contributed by atoms with Gasteiger partial charge in [-0.05, 0) is 146 Å². The van der Waals surface area contributed by atoms with Gasteiger partial charge in [0, 0.05) is 10.8 Å². The Labute approximate surface area is 358 Å². The second kappa shape index (κ2) is 16.5. The number of hydrogen-bond donors (Lipinski definition) is 1. The molecule has 0 bridgehead atoms. The van der Waals surface area contributed by atoms with Crippen molar-refractivity contribution >= 4 is 23.1 Å². The second-order valence-corrected chi connectivity index (χ2v) is 18.0. The summed E-state index contributed by atoms with van der Waals surface area (Å²) >= 11 is 0. The number of fused-ring (bicyclic) bond motifs is 6. The van der Waals surface area contributed by atoms with E-state index in [9.17, 15) is 41.0 Å². The summed E-state index contributed by atoms with van der Waals surface area (Å²) in [5, 5.41) is 10.5. The summed E-state index contributed by atoms with van der Waals surface area (Å²) in [4.78, 5) is 24.1. The van der Waals surface area contributed by atoms with Gasteiger partial charge < -0.3 is 14.6 Å². The highest BCUT2D eigenvalue weighted by Gasteiger charge is 2.62. The number of rotatable bonds is 6. The lowest BCUT2D eigenvalue weighted by atomic mass is 9.51. The Bertz CT molecular complexity index is 2220. The zero-order valence-electron chi connectivity index (χ0n) is 35.6. The molecule has 62 heavy (non-hydrogen) atoms. The minimum Gasteiger partial charge on any atom is -0.465 e. The molecule has 0 spiro atoms. The van der Waals surface area contributed by atoms with Gasteiger partial charge in [0.1, 0.15) is 0 Å². The summed E-state index contributed by atoms with van der Waals surface area (Å²) in [6, 6.07) is 30.5. The number of carbonyl (C=O) groups excluding carboxylic acids is 2. The third-order valence-electron chi connectivity index (χ3n) is 14.4. The molecule has 0 aromatic heterocycles. The average Bonchev–Trinajstić information content (AvgIpc) is 3.24. The lowest BCUT2D eigenvalue weighted by Crippen LogP contribution is -2.56. The Morgan fingerprint density at radius 1 is 0.613 bits per heavy atom. The molecule has 0 heterocycles. The molecule has 6 atom stereocenters. The summed E-state index contributed by atoms with van der Waals surface area (Å²) in [5.74, 6) is -1.58. The Morgan fingerprint density at radius 3 is 1.44 bits per heavy atom. The first-order valence-corrected chi connectivity index (χ1v) is 21.0. The maximum atomic E-state index is 13.9. The van der Waals surface area contributed by atoms with Gasteiger partial charge in [0.25, 0.3) is 0 Å². The van der Waals surface area contributed by atoms with Gasteiger partial charge in [-0.1, -0.05) is 91.9 Å². The summed E-state index contributed by atoms with van der Waals surface area (Å²) in [5.41, 5.74) is 3.06. The van der Waals surface area contributed by atoms with Crippen LogP contribution in [0.2, 0.25) is 0 Å². The Morgan fingerprint density at radius 2 is 1.03 bits per heavy atom. The SMILES string of the molecule is COC(=O)c1ccc2c(c1)C(C)=C[C@@H]1C[C@@](C)(C(F)(F)F)CC[C@@]21Cc1ccccc1.COC(=O)c1ccc2c(c1)C(C)=C[C@@H]1C[C@@](O)(C(F)(F)F)CC[C@@]21Cc1ccccc1. The molecule has 4 aliphatic carbocycles. The van der Waals surface area contributed by atoms with Crippen LogP contribution in [0.1, 0.15) is 113 Å². The third-order valence-corrected chi connectivity index (χ3v) is 14.4. The van der Waals surface area contributed by atoms with Crippen LogP contribution in [0.3, 0.4) is 0 Å². The van der Waals surface area contributed by atoms with Gasteiger partial charge in [-0.25, -0.2) is 9.59 Å². The lowest BCUT2D eigenvalue weighted by molar-refractivity contribution is -0.277. The molecule has 0 unspecified atom stereocenters. The highest BCUT2D eigenvalue weighted by Crippen LogP contribution is 2.61. The van der Waals surface area contributed by atoms with E-state index in [1.165, 1.54) is 21.1 Å².